The van der Waals surface area contributed by atoms with Crippen LogP contribution in [0.3, 0.4) is 0 Å². The molecule has 1 atom stereocenters. The van der Waals surface area contributed by atoms with E-state index in [1.807, 2.05) is 30.3 Å². The number of rotatable bonds is 7. The number of aromatic nitrogens is 3. The van der Waals surface area contributed by atoms with E-state index in [2.05, 4.69) is 26.0 Å². The van der Waals surface area contributed by atoms with Crippen molar-refractivity contribution in [3.63, 3.8) is 0 Å². The predicted molar refractivity (Wildman–Crippen MR) is 139 cm³/mol. The molecule has 1 aliphatic rings. The fourth-order valence-corrected chi connectivity index (χ4v) is 4.40. The SMILES string of the molecule is O=C(NC[C@H]1CCNC1)c1cc(NC(=O)c2cc(-c3ncccc3F)ccc2Cl)n(-c2ccccc2)n1. The van der Waals surface area contributed by atoms with Gasteiger partial charge < -0.3 is 16.0 Å². The van der Waals surface area contributed by atoms with Gasteiger partial charge in [0.2, 0.25) is 0 Å². The summed E-state index contributed by atoms with van der Waals surface area (Å²) in [5.41, 5.74) is 1.47. The molecule has 1 saturated heterocycles. The van der Waals surface area contributed by atoms with Crippen LogP contribution in [0.25, 0.3) is 16.9 Å². The smallest absolute Gasteiger partial charge is 0.271 e. The van der Waals surface area contributed by atoms with Crippen LogP contribution in [-0.4, -0.2) is 46.2 Å². The van der Waals surface area contributed by atoms with Gasteiger partial charge in [-0.15, -0.1) is 0 Å². The van der Waals surface area contributed by atoms with E-state index < -0.39 is 11.7 Å². The van der Waals surface area contributed by atoms with Gasteiger partial charge in [0, 0.05) is 24.4 Å². The molecule has 3 heterocycles. The Bertz CT molecular complexity index is 1440. The molecular formula is C27H24ClFN6O2. The normalized spacial score (nSPS) is 14.9. The highest BCUT2D eigenvalue weighted by Crippen LogP contribution is 2.27. The number of carbonyl (C=O) groups is 2. The Morgan fingerprint density at radius 2 is 1.92 bits per heavy atom. The highest BCUT2D eigenvalue weighted by atomic mass is 35.5. The van der Waals surface area contributed by atoms with Crippen LogP contribution >= 0.6 is 11.6 Å². The molecule has 2 aromatic heterocycles. The first-order valence-electron chi connectivity index (χ1n) is 11.9. The first kappa shape index (κ1) is 24.6. The van der Waals surface area contributed by atoms with E-state index in [-0.39, 0.29) is 33.7 Å². The van der Waals surface area contributed by atoms with Gasteiger partial charge in [-0.25, -0.2) is 9.07 Å². The minimum Gasteiger partial charge on any atom is -0.350 e. The molecule has 10 heteroatoms. The van der Waals surface area contributed by atoms with E-state index in [4.69, 9.17) is 11.6 Å². The van der Waals surface area contributed by atoms with Crippen molar-refractivity contribution < 1.29 is 14.0 Å². The molecule has 5 rings (SSSR count). The van der Waals surface area contributed by atoms with Gasteiger partial charge in [-0.05, 0) is 61.8 Å². The number of nitrogens with one attached hydrogen (secondary N) is 3. The number of para-hydroxylation sites is 1. The van der Waals surface area contributed by atoms with Crippen LogP contribution in [0.5, 0.6) is 0 Å². The fraction of sp³-hybridized carbons (Fsp3) is 0.185. The number of halogens is 2. The van der Waals surface area contributed by atoms with Crippen LogP contribution < -0.4 is 16.0 Å². The van der Waals surface area contributed by atoms with Gasteiger partial charge in [-0.1, -0.05) is 35.9 Å². The highest BCUT2D eigenvalue weighted by Gasteiger charge is 2.21. The first-order chi connectivity index (χ1) is 18.0. The summed E-state index contributed by atoms with van der Waals surface area (Å²) in [6, 6.07) is 18.0. The molecule has 3 N–H and O–H groups in total. The third-order valence-electron chi connectivity index (χ3n) is 6.14. The van der Waals surface area contributed by atoms with Gasteiger partial charge >= 0.3 is 0 Å². The molecule has 0 radical (unpaired) electrons. The van der Waals surface area contributed by atoms with E-state index in [1.165, 1.54) is 41.2 Å². The topological polar surface area (TPSA) is 101 Å². The van der Waals surface area contributed by atoms with Gasteiger partial charge in [0.1, 0.15) is 17.3 Å². The van der Waals surface area contributed by atoms with Crippen molar-refractivity contribution in [3.05, 3.63) is 95.0 Å². The van der Waals surface area contributed by atoms with E-state index in [9.17, 15) is 14.0 Å². The lowest BCUT2D eigenvalue weighted by Crippen LogP contribution is -2.30. The summed E-state index contributed by atoms with van der Waals surface area (Å²) >= 11 is 6.33. The van der Waals surface area contributed by atoms with Crippen LogP contribution in [0.4, 0.5) is 10.2 Å². The fourth-order valence-electron chi connectivity index (χ4n) is 4.19. The maximum absolute atomic E-state index is 14.3. The van der Waals surface area contributed by atoms with Gasteiger partial charge in [0.25, 0.3) is 11.8 Å². The summed E-state index contributed by atoms with van der Waals surface area (Å²) in [6.07, 6.45) is 2.48. The van der Waals surface area contributed by atoms with Crippen LogP contribution in [0.1, 0.15) is 27.3 Å². The molecule has 0 unspecified atom stereocenters. The van der Waals surface area contributed by atoms with Gasteiger partial charge in [-0.3, -0.25) is 14.6 Å². The lowest BCUT2D eigenvalue weighted by Gasteiger charge is -2.11. The standard InChI is InChI=1S/C27H24ClFN6O2/c28-21-9-8-18(25-22(29)7-4-11-31-25)13-20(21)26(36)33-24-14-23(27(37)32-16-17-10-12-30-15-17)34-35(24)19-5-2-1-3-6-19/h1-9,11,13-14,17,30H,10,12,15-16H2,(H,32,37)(H,33,36)/t17-/m0/s1. The third kappa shape index (κ3) is 5.52. The first-order valence-corrected chi connectivity index (χ1v) is 12.2. The molecule has 2 amide bonds. The van der Waals surface area contributed by atoms with Crippen LogP contribution in [0.2, 0.25) is 5.02 Å². The minimum absolute atomic E-state index is 0.110. The Morgan fingerprint density at radius 3 is 2.68 bits per heavy atom. The maximum Gasteiger partial charge on any atom is 0.271 e. The molecule has 4 aromatic rings. The second-order valence-corrected chi connectivity index (χ2v) is 9.12. The molecule has 0 spiro atoms. The van der Waals surface area contributed by atoms with Crippen molar-refractivity contribution in [1.82, 2.24) is 25.4 Å². The zero-order valence-corrected chi connectivity index (χ0v) is 20.5. The van der Waals surface area contributed by atoms with Crippen LogP contribution in [0, 0.1) is 11.7 Å². The predicted octanol–water partition coefficient (Wildman–Crippen LogP) is 4.32. The number of hydrogen-bond acceptors (Lipinski definition) is 5. The number of hydrogen-bond donors (Lipinski definition) is 3. The Hall–Kier alpha value is -4.08. The Morgan fingerprint density at radius 1 is 1.08 bits per heavy atom. The summed E-state index contributed by atoms with van der Waals surface area (Å²) in [4.78, 5) is 30.2. The maximum atomic E-state index is 14.3. The van der Waals surface area contributed by atoms with E-state index in [1.54, 1.807) is 6.07 Å². The van der Waals surface area contributed by atoms with Crippen molar-refractivity contribution in [1.29, 1.82) is 0 Å². The largest absolute Gasteiger partial charge is 0.350 e. The number of nitrogens with zero attached hydrogens (tertiary/aromatic N) is 3. The van der Waals surface area contributed by atoms with E-state index in [0.717, 1.165) is 19.5 Å². The number of carbonyl (C=O) groups excluding carboxylic acids is 2. The molecule has 1 fully saturated rings. The molecule has 0 aliphatic carbocycles. The summed E-state index contributed by atoms with van der Waals surface area (Å²) < 4.78 is 15.8. The third-order valence-corrected chi connectivity index (χ3v) is 6.47. The second-order valence-electron chi connectivity index (χ2n) is 8.71. The Balaban J connectivity index is 1.43. The molecule has 1 aliphatic heterocycles. The average Bonchev–Trinajstić information content (AvgIpc) is 3.59. The minimum atomic E-state index is -0.538. The molecule has 0 bridgehead atoms. The van der Waals surface area contributed by atoms with Crippen LogP contribution in [-0.2, 0) is 0 Å². The van der Waals surface area contributed by atoms with Crippen molar-refractivity contribution >= 4 is 29.2 Å². The Kier molecular flexibility index (Phi) is 7.25. The van der Waals surface area contributed by atoms with Crippen molar-refractivity contribution in [2.24, 2.45) is 5.92 Å². The second kappa shape index (κ2) is 10.9. The van der Waals surface area contributed by atoms with Gasteiger partial charge in [0.05, 0.1) is 16.3 Å². The monoisotopic (exact) mass is 518 g/mol. The summed E-state index contributed by atoms with van der Waals surface area (Å²) in [7, 11) is 0. The molecule has 8 nitrogen and oxygen atoms in total. The van der Waals surface area contributed by atoms with Crippen LogP contribution in [0.15, 0.2) is 72.9 Å². The zero-order valence-electron chi connectivity index (χ0n) is 19.7. The number of benzene rings is 2. The van der Waals surface area contributed by atoms with Gasteiger partial charge in [0.15, 0.2) is 5.69 Å². The molecule has 2 aromatic carbocycles. The average molecular weight is 519 g/mol. The number of amides is 2. The van der Waals surface area contributed by atoms with Crippen molar-refractivity contribution in [3.8, 4) is 16.9 Å². The number of pyridine rings is 1. The summed E-state index contributed by atoms with van der Waals surface area (Å²) in [5, 5.41) is 13.6. The van der Waals surface area contributed by atoms with Crippen molar-refractivity contribution in [2.75, 3.05) is 25.0 Å². The van der Waals surface area contributed by atoms with E-state index in [0.29, 0.717) is 23.7 Å². The van der Waals surface area contributed by atoms with E-state index >= 15 is 0 Å². The quantitative estimate of drug-likeness (QED) is 0.338. The molecule has 0 saturated carbocycles. The highest BCUT2D eigenvalue weighted by molar-refractivity contribution is 6.34. The number of anilines is 1. The lowest BCUT2D eigenvalue weighted by molar-refractivity contribution is 0.0942. The summed E-state index contributed by atoms with van der Waals surface area (Å²) in [5.74, 6) is -0.721. The molecule has 188 valence electrons. The zero-order chi connectivity index (χ0) is 25.8. The lowest BCUT2D eigenvalue weighted by atomic mass is 10.1. The van der Waals surface area contributed by atoms with Crippen molar-refractivity contribution in [2.45, 2.75) is 6.42 Å². The van der Waals surface area contributed by atoms with Gasteiger partial charge in [-0.2, -0.15) is 5.10 Å². The molecular weight excluding hydrogens is 495 g/mol. The summed E-state index contributed by atoms with van der Waals surface area (Å²) in [6.45, 7) is 2.34. The molecule has 37 heavy (non-hydrogen) atoms. The Labute approximate surface area is 217 Å².